The molecular weight excluding hydrogens is 479 g/mol. The summed E-state index contributed by atoms with van der Waals surface area (Å²) in [5.41, 5.74) is -1.67. The molecule has 5 nitrogen and oxygen atoms in total. The van der Waals surface area contributed by atoms with Crippen LogP contribution in [0.5, 0.6) is 0 Å². The summed E-state index contributed by atoms with van der Waals surface area (Å²) >= 11 is 0. The molecule has 0 aromatic carbocycles. The third-order valence-corrected chi connectivity index (χ3v) is 7.26. The molecule has 0 saturated heterocycles. The maximum absolute atomic E-state index is 14.1. The van der Waals surface area contributed by atoms with Gasteiger partial charge in [0.1, 0.15) is 0 Å². The summed E-state index contributed by atoms with van der Waals surface area (Å²) in [6.45, 7) is 8.52. The van der Waals surface area contributed by atoms with Gasteiger partial charge in [0.2, 0.25) is 0 Å². The molecule has 0 bridgehead atoms. The van der Waals surface area contributed by atoms with Crippen LogP contribution in [0.1, 0.15) is 87.1 Å². The van der Waals surface area contributed by atoms with Crippen LogP contribution in [0.3, 0.4) is 0 Å². The van der Waals surface area contributed by atoms with E-state index in [9.17, 15) is 26.7 Å². The fourth-order valence-corrected chi connectivity index (χ4v) is 4.74. The Balaban J connectivity index is 1.90. The molecule has 2 aromatic rings. The molecule has 1 amide bonds. The Morgan fingerprint density at radius 2 is 1.83 bits per heavy atom. The first kappa shape index (κ1) is 28.1. The van der Waals surface area contributed by atoms with Crippen LogP contribution in [0.2, 0.25) is 0 Å². The van der Waals surface area contributed by atoms with E-state index in [-0.39, 0.29) is 22.9 Å². The Morgan fingerprint density at radius 1 is 1.19 bits per heavy atom. The lowest BCUT2D eigenvalue weighted by atomic mass is 9.83. The van der Waals surface area contributed by atoms with E-state index in [2.05, 4.69) is 22.3 Å². The smallest absolute Gasteiger partial charge is 0.350 e. The monoisotopic (exact) mass is 514 g/mol. The number of nitrogens with one attached hydrogen (secondary N) is 1. The molecule has 1 N–H and O–H groups in total. The number of hydrogen-bond acceptors (Lipinski definition) is 3. The van der Waals surface area contributed by atoms with Gasteiger partial charge in [0.25, 0.3) is 12.3 Å². The van der Waals surface area contributed by atoms with Crippen molar-refractivity contribution in [3.8, 4) is 11.3 Å². The maximum atomic E-state index is 14.1. The van der Waals surface area contributed by atoms with Crippen molar-refractivity contribution in [3.05, 3.63) is 34.8 Å². The van der Waals surface area contributed by atoms with Crippen LogP contribution in [0.15, 0.2) is 12.3 Å². The highest BCUT2D eigenvalue weighted by Gasteiger charge is 2.47. The standard InChI is InChI=1S/C26H35F5N4O/c1-6-35-22(16(3)21(34-35)24(36)33-13-17-9-7-15(2)8-10-17)20-14-32-18(11-19(20)23(27)28)12-25(4,5)26(29,30)31/h11,14-15,17,23H,6-10,12-13H2,1-5H3,(H,33,36). The van der Waals surface area contributed by atoms with Crippen LogP contribution >= 0.6 is 0 Å². The zero-order valence-electron chi connectivity index (χ0n) is 21.5. The predicted octanol–water partition coefficient (Wildman–Crippen LogP) is 6.90. The van der Waals surface area contributed by atoms with Crippen LogP contribution in [-0.2, 0) is 13.0 Å². The second-order valence-electron chi connectivity index (χ2n) is 10.6. The van der Waals surface area contributed by atoms with Gasteiger partial charge in [-0.25, -0.2) is 8.78 Å². The molecule has 1 aliphatic rings. The van der Waals surface area contributed by atoms with E-state index < -0.39 is 30.0 Å². The first-order chi connectivity index (χ1) is 16.7. The number of carbonyl (C=O) groups excluding carboxylic acids is 1. The lowest BCUT2D eigenvalue weighted by Crippen LogP contribution is -2.34. The Kier molecular flexibility index (Phi) is 8.45. The zero-order chi connectivity index (χ0) is 26.8. The van der Waals surface area contributed by atoms with Gasteiger partial charge >= 0.3 is 6.18 Å². The van der Waals surface area contributed by atoms with E-state index in [0.29, 0.717) is 36.2 Å². The van der Waals surface area contributed by atoms with Gasteiger partial charge in [-0.05, 0) is 44.6 Å². The SMILES string of the molecule is CCn1nc(C(=O)NCC2CCC(C)CC2)c(C)c1-c1cnc(CC(C)(C)C(F)(F)F)cc1C(F)F. The average Bonchev–Trinajstić information content (AvgIpc) is 3.13. The van der Waals surface area contributed by atoms with E-state index in [4.69, 9.17) is 0 Å². The normalized spacial score (nSPS) is 19.1. The lowest BCUT2D eigenvalue weighted by molar-refractivity contribution is -0.211. The third kappa shape index (κ3) is 6.06. The molecule has 200 valence electrons. The minimum absolute atomic E-state index is 0.0609. The van der Waals surface area contributed by atoms with Gasteiger partial charge < -0.3 is 5.32 Å². The molecule has 1 saturated carbocycles. The van der Waals surface area contributed by atoms with Gasteiger partial charge in [0.05, 0.1) is 11.1 Å². The second kappa shape index (κ2) is 10.8. The van der Waals surface area contributed by atoms with Gasteiger partial charge in [-0.15, -0.1) is 0 Å². The summed E-state index contributed by atoms with van der Waals surface area (Å²) in [7, 11) is 0. The van der Waals surface area contributed by atoms with Gasteiger partial charge in [0.15, 0.2) is 5.69 Å². The first-order valence-corrected chi connectivity index (χ1v) is 12.4. The van der Waals surface area contributed by atoms with Crippen molar-refractivity contribution < 1.29 is 26.7 Å². The summed E-state index contributed by atoms with van der Waals surface area (Å²) in [5, 5.41) is 7.32. The largest absolute Gasteiger partial charge is 0.394 e. The quantitative estimate of drug-likeness (QED) is 0.390. The number of halogens is 5. The number of carbonyl (C=O) groups is 1. The minimum Gasteiger partial charge on any atom is -0.350 e. The number of nitrogens with zero attached hydrogens (tertiary/aromatic N) is 3. The Morgan fingerprint density at radius 3 is 2.39 bits per heavy atom. The fourth-order valence-electron chi connectivity index (χ4n) is 4.74. The van der Waals surface area contributed by atoms with Gasteiger partial charge in [0, 0.05) is 48.1 Å². The number of hydrogen-bond donors (Lipinski definition) is 1. The molecule has 2 heterocycles. The predicted molar refractivity (Wildman–Crippen MR) is 128 cm³/mol. The van der Waals surface area contributed by atoms with E-state index in [1.54, 1.807) is 13.8 Å². The molecule has 0 aliphatic heterocycles. The second-order valence-corrected chi connectivity index (χ2v) is 10.6. The number of rotatable bonds is 8. The molecule has 36 heavy (non-hydrogen) atoms. The van der Waals surface area contributed by atoms with Crippen LogP contribution in [0.4, 0.5) is 22.0 Å². The molecular formula is C26H35F5N4O. The summed E-state index contributed by atoms with van der Waals surface area (Å²) < 4.78 is 69.6. The van der Waals surface area contributed by atoms with Crippen molar-refractivity contribution in [1.82, 2.24) is 20.1 Å². The van der Waals surface area contributed by atoms with Crippen molar-refractivity contribution in [3.63, 3.8) is 0 Å². The Labute approximate surface area is 208 Å². The lowest BCUT2D eigenvalue weighted by Gasteiger charge is -2.27. The number of aromatic nitrogens is 3. The van der Waals surface area contributed by atoms with Crippen LogP contribution in [0.25, 0.3) is 11.3 Å². The number of aryl methyl sites for hydroxylation is 1. The average molecular weight is 515 g/mol. The van der Waals surface area contributed by atoms with Crippen molar-refractivity contribution >= 4 is 5.91 Å². The van der Waals surface area contributed by atoms with Gasteiger partial charge in [-0.2, -0.15) is 18.3 Å². The summed E-state index contributed by atoms with van der Waals surface area (Å²) in [4.78, 5) is 17.0. The molecule has 0 atom stereocenters. The molecule has 0 radical (unpaired) electrons. The fraction of sp³-hybridized carbons (Fsp3) is 0.654. The Hall–Kier alpha value is -2.52. The molecule has 1 fully saturated rings. The van der Waals surface area contributed by atoms with Gasteiger partial charge in [-0.3, -0.25) is 14.5 Å². The topological polar surface area (TPSA) is 59.8 Å². The highest BCUT2D eigenvalue weighted by molar-refractivity contribution is 5.95. The van der Waals surface area contributed by atoms with Crippen molar-refractivity contribution in [2.45, 2.75) is 85.9 Å². The molecule has 2 aromatic heterocycles. The van der Waals surface area contributed by atoms with E-state index in [1.807, 2.05) is 0 Å². The van der Waals surface area contributed by atoms with Crippen LogP contribution in [-0.4, -0.2) is 33.4 Å². The molecule has 3 rings (SSSR count). The summed E-state index contributed by atoms with van der Waals surface area (Å²) in [6.07, 6.45) is -2.44. The highest BCUT2D eigenvalue weighted by Crippen LogP contribution is 2.41. The van der Waals surface area contributed by atoms with Crippen LogP contribution < -0.4 is 5.32 Å². The molecule has 10 heteroatoms. The molecule has 0 unspecified atom stereocenters. The van der Waals surface area contributed by atoms with E-state index in [0.717, 1.165) is 45.6 Å². The number of alkyl halides is 5. The van der Waals surface area contributed by atoms with E-state index in [1.165, 1.54) is 10.9 Å². The minimum atomic E-state index is -4.51. The van der Waals surface area contributed by atoms with Crippen molar-refractivity contribution in [1.29, 1.82) is 0 Å². The van der Waals surface area contributed by atoms with Crippen LogP contribution in [0, 0.1) is 24.2 Å². The number of amides is 1. The summed E-state index contributed by atoms with van der Waals surface area (Å²) in [6, 6.07) is 1.03. The van der Waals surface area contributed by atoms with E-state index >= 15 is 0 Å². The molecule has 1 aliphatic carbocycles. The van der Waals surface area contributed by atoms with Crippen molar-refractivity contribution in [2.75, 3.05) is 6.54 Å². The van der Waals surface area contributed by atoms with Gasteiger partial charge in [-0.1, -0.05) is 33.6 Å². The maximum Gasteiger partial charge on any atom is 0.394 e. The molecule has 0 spiro atoms. The highest BCUT2D eigenvalue weighted by atomic mass is 19.4. The Bertz CT molecular complexity index is 1070. The third-order valence-electron chi connectivity index (χ3n) is 7.26. The zero-order valence-corrected chi connectivity index (χ0v) is 21.5. The first-order valence-electron chi connectivity index (χ1n) is 12.4. The van der Waals surface area contributed by atoms with Crippen molar-refractivity contribution in [2.24, 2.45) is 17.3 Å². The summed E-state index contributed by atoms with van der Waals surface area (Å²) in [5.74, 6) is 0.738. The number of pyridine rings is 1.